The van der Waals surface area contributed by atoms with Crippen molar-refractivity contribution in [3.05, 3.63) is 77.9 Å². The first-order valence-electron chi connectivity index (χ1n) is 14.3. The summed E-state index contributed by atoms with van der Waals surface area (Å²) < 4.78 is 13.2. The third-order valence-electron chi connectivity index (χ3n) is 8.28. The number of nitrogens with one attached hydrogen (secondary N) is 1. The van der Waals surface area contributed by atoms with Crippen molar-refractivity contribution in [3.8, 4) is 11.6 Å². The van der Waals surface area contributed by atoms with E-state index in [0.29, 0.717) is 32.0 Å². The Labute approximate surface area is 240 Å². The average molecular weight is 556 g/mol. The van der Waals surface area contributed by atoms with Gasteiger partial charge in [0.2, 0.25) is 5.88 Å². The Morgan fingerprint density at radius 3 is 2.71 bits per heavy atom. The first-order chi connectivity index (χ1) is 19.9. The zero-order valence-electron chi connectivity index (χ0n) is 23.9. The molecular weight excluding hydrogens is 518 g/mol. The molecule has 2 saturated heterocycles. The van der Waals surface area contributed by atoms with Crippen LogP contribution >= 0.6 is 0 Å². The minimum atomic E-state index is -0.198. The molecule has 2 aliphatic rings. The Kier molecular flexibility index (Phi) is 7.38. The number of aryl methyl sites for hydroxylation is 1. The van der Waals surface area contributed by atoms with Gasteiger partial charge < -0.3 is 24.6 Å². The lowest BCUT2D eigenvalue weighted by Gasteiger charge is -2.39. The Balaban J connectivity index is 1.05. The second-order valence-corrected chi connectivity index (χ2v) is 11.2. The van der Waals surface area contributed by atoms with Crippen LogP contribution in [0.25, 0.3) is 5.65 Å². The van der Waals surface area contributed by atoms with E-state index in [1.807, 2.05) is 42.3 Å². The maximum absolute atomic E-state index is 12.9. The van der Waals surface area contributed by atoms with Gasteiger partial charge in [-0.3, -0.25) is 0 Å². The van der Waals surface area contributed by atoms with Crippen molar-refractivity contribution in [3.63, 3.8) is 0 Å². The zero-order valence-corrected chi connectivity index (χ0v) is 23.9. The van der Waals surface area contributed by atoms with Crippen molar-refractivity contribution >= 4 is 17.4 Å². The van der Waals surface area contributed by atoms with Crippen LogP contribution in [0, 0.1) is 6.92 Å². The minimum absolute atomic E-state index is 0.00722. The number of carbonyl (C=O) groups excluding carboxylic acids is 1. The van der Waals surface area contributed by atoms with Gasteiger partial charge in [-0.05, 0) is 43.0 Å². The molecule has 0 unspecified atom stereocenters. The first kappa shape index (κ1) is 26.9. The quantitative estimate of drug-likeness (QED) is 0.330. The Morgan fingerprint density at radius 1 is 1.12 bits per heavy atom. The second kappa shape index (κ2) is 11.3. The van der Waals surface area contributed by atoms with Gasteiger partial charge in [0.15, 0.2) is 11.5 Å². The fourth-order valence-corrected chi connectivity index (χ4v) is 5.83. The summed E-state index contributed by atoms with van der Waals surface area (Å²) in [4.78, 5) is 26.1. The van der Waals surface area contributed by atoms with E-state index < -0.39 is 0 Å². The van der Waals surface area contributed by atoms with Crippen LogP contribution < -0.4 is 19.7 Å². The number of aromatic nitrogens is 4. The molecule has 0 saturated carbocycles. The molecule has 1 atom stereocenters. The lowest BCUT2D eigenvalue weighted by Crippen LogP contribution is -2.52. The number of benzene rings is 1. The molecular formula is C31H37N7O3. The number of rotatable bonds is 9. The van der Waals surface area contributed by atoms with Crippen molar-refractivity contribution in [1.29, 1.82) is 0 Å². The van der Waals surface area contributed by atoms with Crippen LogP contribution in [-0.2, 0) is 6.42 Å². The molecule has 0 radical (unpaired) electrons. The van der Waals surface area contributed by atoms with E-state index in [4.69, 9.17) is 19.6 Å². The van der Waals surface area contributed by atoms with E-state index >= 15 is 0 Å². The van der Waals surface area contributed by atoms with Crippen LogP contribution in [0.1, 0.15) is 42.6 Å². The highest BCUT2D eigenvalue weighted by Crippen LogP contribution is 2.31. The number of nitrogens with zero attached hydrogens (tertiary/aromatic N) is 6. The van der Waals surface area contributed by atoms with E-state index in [-0.39, 0.29) is 17.5 Å². The summed E-state index contributed by atoms with van der Waals surface area (Å²) in [5.74, 6) is 2.38. The van der Waals surface area contributed by atoms with E-state index in [2.05, 4.69) is 46.4 Å². The number of ether oxygens (including phenoxy) is 2. The topological polar surface area (TPSA) is 97.1 Å². The molecule has 2 aliphatic heterocycles. The lowest BCUT2D eigenvalue weighted by atomic mass is 9.88. The predicted molar refractivity (Wildman–Crippen MR) is 157 cm³/mol. The highest BCUT2D eigenvalue weighted by molar-refractivity contribution is 5.78. The molecule has 1 aromatic carbocycles. The van der Waals surface area contributed by atoms with Gasteiger partial charge in [0, 0.05) is 56.5 Å². The molecule has 0 aliphatic carbocycles. The standard InChI is InChI=1S/C31H37N7O3/c1-22-17-26(41-20-23(2)24-7-5-4-6-8-24)19-38-29(22)33-27(35-38)10-14-37-21-31(34-30(37)39)11-15-36(16-12-31)25-9-13-32-28(18-25)40-3/h4-9,13,17-19,23H,10-12,14-16,20-21H2,1-3H3,(H,34,39)/t23-/m0/s1. The predicted octanol–water partition coefficient (Wildman–Crippen LogP) is 4.23. The van der Waals surface area contributed by atoms with Crippen LogP contribution in [-0.4, -0.2) is 75.9 Å². The summed E-state index contributed by atoms with van der Waals surface area (Å²) in [7, 11) is 1.63. The van der Waals surface area contributed by atoms with Gasteiger partial charge in [-0.1, -0.05) is 37.3 Å². The fraction of sp³-hybridized carbons (Fsp3) is 0.419. The maximum Gasteiger partial charge on any atom is 0.317 e. The zero-order chi connectivity index (χ0) is 28.4. The Hall–Kier alpha value is -4.34. The Bertz CT molecular complexity index is 1510. The summed E-state index contributed by atoms with van der Waals surface area (Å²) in [6.07, 6.45) is 6.02. The normalized spacial score (nSPS) is 17.2. The SMILES string of the molecule is COc1cc(N2CCC3(CC2)CN(CCc2nc4c(C)cc(OC[C@H](C)c5ccccc5)cn4n2)C(=O)N3)ccn1. The Morgan fingerprint density at radius 2 is 1.93 bits per heavy atom. The number of pyridine rings is 2. The summed E-state index contributed by atoms with van der Waals surface area (Å²) in [6, 6.07) is 16.3. The van der Waals surface area contributed by atoms with E-state index in [1.54, 1.807) is 17.8 Å². The number of anilines is 1. The summed E-state index contributed by atoms with van der Waals surface area (Å²) in [5.41, 5.74) is 3.97. The summed E-state index contributed by atoms with van der Waals surface area (Å²) in [6.45, 7) is 7.76. The molecule has 6 rings (SSSR count). The molecule has 3 aromatic heterocycles. The van der Waals surface area contributed by atoms with Crippen LogP contribution in [0.3, 0.4) is 0 Å². The average Bonchev–Trinajstić information content (AvgIpc) is 3.55. The molecule has 2 amide bonds. The molecule has 41 heavy (non-hydrogen) atoms. The number of piperidine rings is 1. The smallest absolute Gasteiger partial charge is 0.317 e. The van der Waals surface area contributed by atoms with Crippen molar-refractivity contribution in [2.45, 2.75) is 44.6 Å². The van der Waals surface area contributed by atoms with Crippen molar-refractivity contribution in [2.24, 2.45) is 0 Å². The molecule has 1 N–H and O–H groups in total. The third kappa shape index (κ3) is 5.77. The lowest BCUT2D eigenvalue weighted by molar-refractivity contribution is 0.217. The maximum atomic E-state index is 12.9. The fourth-order valence-electron chi connectivity index (χ4n) is 5.83. The van der Waals surface area contributed by atoms with Crippen LogP contribution in [0.15, 0.2) is 60.9 Å². The highest BCUT2D eigenvalue weighted by atomic mass is 16.5. The second-order valence-electron chi connectivity index (χ2n) is 11.2. The summed E-state index contributed by atoms with van der Waals surface area (Å²) in [5, 5.41) is 8.00. The number of fused-ring (bicyclic) bond motifs is 1. The molecule has 10 heteroatoms. The number of amides is 2. The van der Waals surface area contributed by atoms with Crippen LogP contribution in [0.4, 0.5) is 10.5 Å². The monoisotopic (exact) mass is 555 g/mol. The molecule has 1 spiro atoms. The van der Waals surface area contributed by atoms with E-state index in [9.17, 15) is 4.79 Å². The van der Waals surface area contributed by atoms with Crippen LogP contribution in [0.2, 0.25) is 0 Å². The molecule has 4 aromatic rings. The summed E-state index contributed by atoms with van der Waals surface area (Å²) >= 11 is 0. The number of hydrogen-bond acceptors (Lipinski definition) is 7. The van der Waals surface area contributed by atoms with E-state index in [0.717, 1.165) is 54.4 Å². The van der Waals surface area contributed by atoms with Gasteiger partial charge in [-0.25, -0.2) is 19.3 Å². The van der Waals surface area contributed by atoms with E-state index in [1.165, 1.54) is 5.56 Å². The van der Waals surface area contributed by atoms with Gasteiger partial charge in [0.05, 0.1) is 25.5 Å². The van der Waals surface area contributed by atoms with Crippen molar-refractivity contribution < 1.29 is 14.3 Å². The van der Waals surface area contributed by atoms with Gasteiger partial charge in [-0.15, -0.1) is 0 Å². The van der Waals surface area contributed by atoms with Gasteiger partial charge in [0.25, 0.3) is 0 Å². The number of methoxy groups -OCH3 is 1. The van der Waals surface area contributed by atoms with Crippen molar-refractivity contribution in [2.75, 3.05) is 44.8 Å². The first-order valence-corrected chi connectivity index (χ1v) is 14.3. The molecule has 214 valence electrons. The molecule has 2 fully saturated rings. The molecule has 5 heterocycles. The number of carbonyl (C=O) groups is 1. The van der Waals surface area contributed by atoms with Gasteiger partial charge in [0.1, 0.15) is 5.75 Å². The number of urea groups is 1. The van der Waals surface area contributed by atoms with Crippen molar-refractivity contribution in [1.82, 2.24) is 29.8 Å². The van der Waals surface area contributed by atoms with Crippen LogP contribution in [0.5, 0.6) is 11.6 Å². The molecule has 10 nitrogen and oxygen atoms in total. The third-order valence-corrected chi connectivity index (χ3v) is 8.28. The van der Waals surface area contributed by atoms with Gasteiger partial charge in [-0.2, -0.15) is 5.10 Å². The highest BCUT2D eigenvalue weighted by Gasteiger charge is 2.44. The molecule has 0 bridgehead atoms. The number of hydrogen-bond donors (Lipinski definition) is 1. The largest absolute Gasteiger partial charge is 0.491 e. The minimum Gasteiger partial charge on any atom is -0.491 e. The van der Waals surface area contributed by atoms with Gasteiger partial charge >= 0.3 is 6.03 Å².